The van der Waals surface area contributed by atoms with Crippen molar-refractivity contribution in [1.29, 1.82) is 0 Å². The van der Waals surface area contributed by atoms with E-state index in [1.54, 1.807) is 0 Å². The van der Waals surface area contributed by atoms with Crippen LogP contribution in [-0.2, 0) is 0 Å². The van der Waals surface area contributed by atoms with Crippen molar-refractivity contribution in [3.05, 3.63) is 0 Å². The minimum Gasteiger partial charge on any atom is -0.366 e. The highest BCUT2D eigenvalue weighted by atomic mass is 32.1. The molecular formula is C18H36N2S2. The lowest BCUT2D eigenvalue weighted by Crippen LogP contribution is -2.31. The molecule has 130 valence electrons. The topological polar surface area (TPSA) is 6.48 Å². The zero-order valence-corrected chi connectivity index (χ0v) is 16.8. The third-order valence-corrected chi connectivity index (χ3v) is 4.64. The SMILES string of the molecule is CCCN(CCC)C(=S)CCCCC(=S)N(CCC)CCC. The van der Waals surface area contributed by atoms with Gasteiger partial charge in [-0.25, -0.2) is 0 Å². The Kier molecular flexibility index (Phi) is 14.2. The summed E-state index contributed by atoms with van der Waals surface area (Å²) >= 11 is 11.2. The number of hydrogen-bond donors (Lipinski definition) is 0. The van der Waals surface area contributed by atoms with Gasteiger partial charge >= 0.3 is 0 Å². The lowest BCUT2D eigenvalue weighted by Gasteiger charge is -2.25. The fourth-order valence-corrected chi connectivity index (χ4v) is 3.32. The Hall–Kier alpha value is -0.220. The Morgan fingerprint density at radius 2 is 0.864 bits per heavy atom. The first-order valence-corrected chi connectivity index (χ1v) is 9.97. The van der Waals surface area contributed by atoms with Gasteiger partial charge in [-0.3, -0.25) is 0 Å². The highest BCUT2D eigenvalue weighted by Crippen LogP contribution is 2.10. The molecule has 0 saturated heterocycles. The van der Waals surface area contributed by atoms with Crippen LogP contribution >= 0.6 is 24.4 Å². The van der Waals surface area contributed by atoms with Crippen molar-refractivity contribution in [3.63, 3.8) is 0 Å². The summed E-state index contributed by atoms with van der Waals surface area (Å²) in [5.74, 6) is 0. The molecule has 0 atom stereocenters. The van der Waals surface area contributed by atoms with Crippen LogP contribution in [0.1, 0.15) is 79.1 Å². The Morgan fingerprint density at radius 1 is 0.591 bits per heavy atom. The van der Waals surface area contributed by atoms with Gasteiger partial charge in [0.1, 0.15) is 0 Å². The van der Waals surface area contributed by atoms with Crippen LogP contribution in [0.3, 0.4) is 0 Å². The van der Waals surface area contributed by atoms with Crippen LogP contribution in [0.2, 0.25) is 0 Å². The van der Waals surface area contributed by atoms with E-state index in [0.29, 0.717) is 0 Å². The number of nitrogens with zero attached hydrogens (tertiary/aromatic N) is 2. The van der Waals surface area contributed by atoms with Crippen LogP contribution in [0.4, 0.5) is 0 Å². The first kappa shape index (κ1) is 21.8. The van der Waals surface area contributed by atoms with Crippen molar-refractivity contribution >= 4 is 34.4 Å². The average molecular weight is 345 g/mol. The largest absolute Gasteiger partial charge is 0.366 e. The number of thiocarbonyl (C=S) groups is 2. The van der Waals surface area contributed by atoms with Crippen molar-refractivity contribution in [2.75, 3.05) is 26.2 Å². The molecule has 0 aromatic rings. The molecule has 22 heavy (non-hydrogen) atoms. The molecule has 0 spiro atoms. The summed E-state index contributed by atoms with van der Waals surface area (Å²) in [6, 6.07) is 0. The maximum absolute atomic E-state index is 5.60. The van der Waals surface area contributed by atoms with E-state index in [2.05, 4.69) is 37.5 Å². The van der Waals surface area contributed by atoms with Gasteiger partial charge in [-0.05, 0) is 51.4 Å². The monoisotopic (exact) mass is 344 g/mol. The standard InChI is InChI=1S/C18H36N2S2/c1-5-13-19(14-6-2)17(21)11-9-10-12-18(22)20(15-7-3)16-8-4/h5-16H2,1-4H3. The quantitative estimate of drug-likeness (QED) is 0.324. The van der Waals surface area contributed by atoms with Gasteiger partial charge in [0.15, 0.2) is 0 Å². The second kappa shape index (κ2) is 14.4. The molecule has 0 unspecified atom stereocenters. The number of unbranched alkanes of at least 4 members (excludes halogenated alkanes) is 1. The zero-order chi connectivity index (χ0) is 16.8. The Morgan fingerprint density at radius 3 is 1.09 bits per heavy atom. The first-order valence-electron chi connectivity index (χ1n) is 9.16. The van der Waals surface area contributed by atoms with Gasteiger partial charge in [-0.2, -0.15) is 0 Å². The van der Waals surface area contributed by atoms with E-state index < -0.39 is 0 Å². The maximum Gasteiger partial charge on any atom is 0.0779 e. The molecule has 0 amide bonds. The van der Waals surface area contributed by atoms with E-state index in [9.17, 15) is 0 Å². The van der Waals surface area contributed by atoms with Crippen LogP contribution in [0.5, 0.6) is 0 Å². The molecule has 0 N–H and O–H groups in total. The van der Waals surface area contributed by atoms with Gasteiger partial charge in [0.25, 0.3) is 0 Å². The highest BCUT2D eigenvalue weighted by Gasteiger charge is 2.09. The second-order valence-corrected chi connectivity index (χ2v) is 6.91. The number of hydrogen-bond acceptors (Lipinski definition) is 2. The zero-order valence-electron chi connectivity index (χ0n) is 15.2. The van der Waals surface area contributed by atoms with Gasteiger partial charge in [0.05, 0.1) is 9.98 Å². The summed E-state index contributed by atoms with van der Waals surface area (Å²) < 4.78 is 0. The van der Waals surface area contributed by atoms with E-state index in [4.69, 9.17) is 24.4 Å². The highest BCUT2D eigenvalue weighted by molar-refractivity contribution is 7.80. The summed E-state index contributed by atoms with van der Waals surface area (Å²) in [5.41, 5.74) is 0. The third-order valence-electron chi connectivity index (χ3n) is 3.71. The van der Waals surface area contributed by atoms with Crippen molar-refractivity contribution in [3.8, 4) is 0 Å². The smallest absolute Gasteiger partial charge is 0.0779 e. The summed E-state index contributed by atoms with van der Waals surface area (Å²) in [4.78, 5) is 7.06. The van der Waals surface area contributed by atoms with Crippen molar-refractivity contribution in [1.82, 2.24) is 9.80 Å². The maximum atomic E-state index is 5.60. The molecule has 0 heterocycles. The Balaban J connectivity index is 4.03. The van der Waals surface area contributed by atoms with Crippen LogP contribution < -0.4 is 0 Å². The van der Waals surface area contributed by atoms with Crippen LogP contribution in [0, 0.1) is 0 Å². The summed E-state index contributed by atoms with van der Waals surface area (Å²) in [6.07, 6.45) is 9.10. The normalized spacial score (nSPS) is 10.5. The molecule has 4 heteroatoms. The molecule has 2 nitrogen and oxygen atoms in total. The lowest BCUT2D eigenvalue weighted by atomic mass is 10.1. The Bertz CT molecular complexity index is 263. The molecule has 0 bridgehead atoms. The molecule has 0 radical (unpaired) electrons. The third kappa shape index (κ3) is 9.73. The van der Waals surface area contributed by atoms with Gasteiger partial charge < -0.3 is 9.80 Å². The predicted molar refractivity (Wildman–Crippen MR) is 108 cm³/mol. The summed E-state index contributed by atoms with van der Waals surface area (Å²) in [7, 11) is 0. The van der Waals surface area contributed by atoms with E-state index in [0.717, 1.165) is 61.8 Å². The molecule has 0 aliphatic heterocycles. The van der Waals surface area contributed by atoms with Crippen LogP contribution in [-0.4, -0.2) is 46.0 Å². The average Bonchev–Trinajstić information content (AvgIpc) is 2.50. The second-order valence-electron chi connectivity index (χ2n) is 5.97. The Labute approximate surface area is 149 Å². The lowest BCUT2D eigenvalue weighted by molar-refractivity contribution is 0.410. The fraction of sp³-hybridized carbons (Fsp3) is 0.889. The fourth-order valence-electron chi connectivity index (χ4n) is 2.67. The van der Waals surface area contributed by atoms with E-state index in [1.165, 1.54) is 25.7 Å². The van der Waals surface area contributed by atoms with Crippen molar-refractivity contribution in [2.45, 2.75) is 79.1 Å². The minimum absolute atomic E-state index is 1.04. The summed E-state index contributed by atoms with van der Waals surface area (Å²) in [5, 5.41) is 0. The van der Waals surface area contributed by atoms with Crippen molar-refractivity contribution < 1.29 is 0 Å². The van der Waals surface area contributed by atoms with Gasteiger partial charge in [0, 0.05) is 26.2 Å². The first-order chi connectivity index (χ1) is 10.6. The molecule has 0 fully saturated rings. The van der Waals surface area contributed by atoms with E-state index in [1.807, 2.05) is 0 Å². The van der Waals surface area contributed by atoms with Gasteiger partial charge in [-0.1, -0.05) is 52.1 Å². The molecule has 0 rings (SSSR count). The van der Waals surface area contributed by atoms with Crippen molar-refractivity contribution in [2.24, 2.45) is 0 Å². The van der Waals surface area contributed by atoms with E-state index in [-0.39, 0.29) is 0 Å². The molecule has 0 aromatic heterocycles. The predicted octanol–water partition coefficient (Wildman–Crippen LogP) is 5.45. The molecular weight excluding hydrogens is 308 g/mol. The molecule has 0 aliphatic carbocycles. The van der Waals surface area contributed by atoms with E-state index >= 15 is 0 Å². The van der Waals surface area contributed by atoms with Gasteiger partial charge in [-0.15, -0.1) is 0 Å². The summed E-state index contributed by atoms with van der Waals surface area (Å²) in [6.45, 7) is 13.3. The molecule has 0 aromatic carbocycles. The van der Waals surface area contributed by atoms with Crippen LogP contribution in [0.15, 0.2) is 0 Å². The van der Waals surface area contributed by atoms with Crippen LogP contribution in [0.25, 0.3) is 0 Å². The van der Waals surface area contributed by atoms with Gasteiger partial charge in [0.2, 0.25) is 0 Å². The number of rotatable bonds is 13. The molecule has 0 aliphatic rings. The molecule has 0 saturated carbocycles. The minimum atomic E-state index is 1.04.